The Balaban J connectivity index is 1.61. The lowest BCUT2D eigenvalue weighted by atomic mass is 10.1. The highest BCUT2D eigenvalue weighted by Gasteiger charge is 2.19. The summed E-state index contributed by atoms with van der Waals surface area (Å²) in [4.78, 5) is 24.3. The van der Waals surface area contributed by atoms with Gasteiger partial charge >= 0.3 is 5.97 Å². The van der Waals surface area contributed by atoms with Crippen molar-refractivity contribution in [3.05, 3.63) is 65.8 Å². The topological polar surface area (TPSA) is 94.3 Å². The molecule has 0 aliphatic heterocycles. The van der Waals surface area contributed by atoms with Crippen molar-refractivity contribution in [3.8, 4) is 11.5 Å². The van der Waals surface area contributed by atoms with Gasteiger partial charge in [0.2, 0.25) is 12.3 Å². The summed E-state index contributed by atoms with van der Waals surface area (Å²) < 4.78 is 23.8. The van der Waals surface area contributed by atoms with Crippen molar-refractivity contribution >= 4 is 17.6 Å². The molecule has 0 bridgehead atoms. The molecule has 0 radical (unpaired) electrons. The lowest BCUT2D eigenvalue weighted by molar-refractivity contribution is -0.123. The molecule has 2 aromatic carbocycles. The molecule has 0 spiro atoms. The number of aromatic nitrogens is 2. The van der Waals surface area contributed by atoms with Crippen LogP contribution in [-0.2, 0) is 9.53 Å². The lowest BCUT2D eigenvalue weighted by Gasteiger charge is -2.14. The van der Waals surface area contributed by atoms with Crippen molar-refractivity contribution < 1.29 is 23.1 Å². The van der Waals surface area contributed by atoms with Gasteiger partial charge in [-0.25, -0.2) is 9.18 Å². The molecule has 27 heavy (non-hydrogen) atoms. The van der Waals surface area contributed by atoms with E-state index in [9.17, 15) is 14.0 Å². The average molecular weight is 369 g/mol. The molecular formula is C19H16FN3O4. The lowest BCUT2D eigenvalue weighted by Crippen LogP contribution is -2.30. The van der Waals surface area contributed by atoms with Gasteiger partial charge in [-0.3, -0.25) is 4.79 Å². The van der Waals surface area contributed by atoms with Gasteiger partial charge in [0.15, 0.2) is 6.10 Å². The number of benzene rings is 2. The molecule has 7 nitrogen and oxygen atoms in total. The van der Waals surface area contributed by atoms with Gasteiger partial charge in [0.25, 0.3) is 5.91 Å². The van der Waals surface area contributed by atoms with Gasteiger partial charge < -0.3 is 14.5 Å². The molecule has 0 fully saturated rings. The normalized spacial score (nSPS) is 11.7. The van der Waals surface area contributed by atoms with E-state index in [-0.39, 0.29) is 11.3 Å². The molecule has 1 aromatic heterocycles. The SMILES string of the molecule is Cc1ccc(NC(=O)[C@@H](C)OC(=O)c2ccc(-c3nnco3)cc2)cc1F. The number of halogens is 1. The van der Waals surface area contributed by atoms with Crippen LogP contribution >= 0.6 is 0 Å². The van der Waals surface area contributed by atoms with E-state index in [1.807, 2.05) is 0 Å². The summed E-state index contributed by atoms with van der Waals surface area (Å²) in [5, 5.41) is 9.87. The fourth-order valence-electron chi connectivity index (χ4n) is 2.24. The molecule has 0 unspecified atom stereocenters. The van der Waals surface area contributed by atoms with E-state index in [0.717, 1.165) is 0 Å². The molecule has 0 aliphatic carbocycles. The minimum absolute atomic E-state index is 0.263. The monoisotopic (exact) mass is 369 g/mol. The van der Waals surface area contributed by atoms with E-state index in [1.54, 1.807) is 31.2 Å². The molecule has 0 saturated heterocycles. The molecular weight excluding hydrogens is 353 g/mol. The number of nitrogens with zero attached hydrogens (tertiary/aromatic N) is 2. The fraction of sp³-hybridized carbons (Fsp3) is 0.158. The Morgan fingerprint density at radius 3 is 2.56 bits per heavy atom. The Morgan fingerprint density at radius 1 is 1.19 bits per heavy atom. The largest absolute Gasteiger partial charge is 0.449 e. The Morgan fingerprint density at radius 2 is 1.93 bits per heavy atom. The van der Waals surface area contributed by atoms with Crippen molar-refractivity contribution in [1.29, 1.82) is 0 Å². The van der Waals surface area contributed by atoms with Gasteiger partial charge in [0.05, 0.1) is 5.56 Å². The first-order valence-electron chi connectivity index (χ1n) is 8.08. The molecule has 138 valence electrons. The summed E-state index contributed by atoms with van der Waals surface area (Å²) in [6, 6.07) is 10.6. The van der Waals surface area contributed by atoms with Crippen molar-refractivity contribution in [3.63, 3.8) is 0 Å². The molecule has 1 atom stereocenters. The number of aryl methyl sites for hydroxylation is 1. The van der Waals surface area contributed by atoms with Crippen LogP contribution in [0.4, 0.5) is 10.1 Å². The molecule has 3 aromatic rings. The second-order valence-electron chi connectivity index (χ2n) is 5.82. The minimum Gasteiger partial charge on any atom is -0.449 e. The summed E-state index contributed by atoms with van der Waals surface area (Å²) >= 11 is 0. The number of esters is 1. The van der Waals surface area contributed by atoms with Crippen LogP contribution < -0.4 is 5.32 Å². The van der Waals surface area contributed by atoms with Gasteiger partial charge in [-0.1, -0.05) is 6.07 Å². The number of hydrogen-bond donors (Lipinski definition) is 1. The first-order valence-corrected chi connectivity index (χ1v) is 8.08. The molecule has 3 rings (SSSR count). The van der Waals surface area contributed by atoms with E-state index < -0.39 is 23.8 Å². The van der Waals surface area contributed by atoms with Crippen molar-refractivity contribution in [1.82, 2.24) is 10.2 Å². The predicted octanol–water partition coefficient (Wildman–Crippen LogP) is 3.37. The molecule has 8 heteroatoms. The number of rotatable bonds is 5. The maximum absolute atomic E-state index is 13.5. The maximum Gasteiger partial charge on any atom is 0.338 e. The van der Waals surface area contributed by atoms with E-state index >= 15 is 0 Å². The van der Waals surface area contributed by atoms with E-state index in [0.29, 0.717) is 17.0 Å². The predicted molar refractivity (Wildman–Crippen MR) is 94.4 cm³/mol. The third-order valence-corrected chi connectivity index (χ3v) is 3.82. The van der Waals surface area contributed by atoms with Crippen LogP contribution in [0.1, 0.15) is 22.8 Å². The number of amides is 1. The molecule has 1 heterocycles. The smallest absolute Gasteiger partial charge is 0.338 e. The zero-order valence-electron chi connectivity index (χ0n) is 14.6. The Kier molecular flexibility index (Phi) is 5.25. The van der Waals surface area contributed by atoms with Gasteiger partial charge in [-0.15, -0.1) is 10.2 Å². The van der Waals surface area contributed by atoms with Gasteiger partial charge in [-0.05, 0) is 55.8 Å². The summed E-state index contributed by atoms with van der Waals surface area (Å²) in [6.07, 6.45) is 0.148. The summed E-state index contributed by atoms with van der Waals surface area (Å²) in [5.74, 6) is -1.33. The Bertz CT molecular complexity index is 956. The van der Waals surface area contributed by atoms with Crippen LogP contribution in [0.3, 0.4) is 0 Å². The van der Waals surface area contributed by atoms with Crippen molar-refractivity contribution in [2.75, 3.05) is 5.32 Å². The standard InChI is InChI=1S/C19H16FN3O4/c1-11-3-8-15(9-16(11)20)22-17(24)12(2)27-19(25)14-6-4-13(5-7-14)18-23-21-10-26-18/h3-10,12H,1-2H3,(H,22,24)/t12-/m1/s1. The summed E-state index contributed by atoms with van der Waals surface area (Å²) in [7, 11) is 0. The van der Waals surface area contributed by atoms with Crippen LogP contribution in [0, 0.1) is 12.7 Å². The van der Waals surface area contributed by atoms with Gasteiger partial charge in [-0.2, -0.15) is 0 Å². The number of carbonyl (C=O) groups is 2. The molecule has 0 aliphatic rings. The number of ether oxygens (including phenoxy) is 1. The highest BCUT2D eigenvalue weighted by atomic mass is 19.1. The molecule has 0 saturated carbocycles. The quantitative estimate of drug-likeness (QED) is 0.693. The Hall–Kier alpha value is -3.55. The third kappa shape index (κ3) is 4.35. The maximum atomic E-state index is 13.5. The van der Waals surface area contributed by atoms with E-state index in [2.05, 4.69) is 15.5 Å². The summed E-state index contributed by atoms with van der Waals surface area (Å²) in [6.45, 7) is 3.06. The third-order valence-electron chi connectivity index (χ3n) is 3.82. The van der Waals surface area contributed by atoms with E-state index in [4.69, 9.17) is 9.15 Å². The number of carbonyl (C=O) groups excluding carboxylic acids is 2. The van der Waals surface area contributed by atoms with Gasteiger partial charge in [0.1, 0.15) is 5.82 Å². The van der Waals surface area contributed by atoms with Crippen LogP contribution in [0.2, 0.25) is 0 Å². The molecule has 1 N–H and O–H groups in total. The van der Waals surface area contributed by atoms with Crippen molar-refractivity contribution in [2.45, 2.75) is 20.0 Å². The van der Waals surface area contributed by atoms with Crippen LogP contribution in [0.25, 0.3) is 11.5 Å². The highest BCUT2D eigenvalue weighted by Crippen LogP contribution is 2.18. The van der Waals surface area contributed by atoms with Crippen LogP contribution in [0.5, 0.6) is 0 Å². The van der Waals surface area contributed by atoms with Crippen molar-refractivity contribution in [2.24, 2.45) is 0 Å². The van der Waals surface area contributed by atoms with Crippen LogP contribution in [0.15, 0.2) is 53.3 Å². The number of nitrogens with one attached hydrogen (secondary N) is 1. The first-order chi connectivity index (χ1) is 12.9. The average Bonchev–Trinajstić information content (AvgIpc) is 3.19. The zero-order valence-corrected chi connectivity index (χ0v) is 14.6. The zero-order chi connectivity index (χ0) is 19.4. The first kappa shape index (κ1) is 18.2. The summed E-state index contributed by atoms with van der Waals surface area (Å²) in [5.41, 5.74) is 1.67. The van der Waals surface area contributed by atoms with Crippen LogP contribution in [-0.4, -0.2) is 28.2 Å². The fourth-order valence-corrected chi connectivity index (χ4v) is 2.24. The molecule has 1 amide bonds. The van der Waals surface area contributed by atoms with Gasteiger partial charge in [0, 0.05) is 11.3 Å². The second kappa shape index (κ2) is 7.77. The second-order valence-corrected chi connectivity index (χ2v) is 5.82. The number of anilines is 1. The highest BCUT2D eigenvalue weighted by molar-refractivity contribution is 5.97. The van der Waals surface area contributed by atoms with E-state index in [1.165, 1.54) is 31.5 Å². The Labute approximate surface area is 154 Å². The number of hydrogen-bond acceptors (Lipinski definition) is 6. The minimum atomic E-state index is -1.06.